The fraction of sp³-hybridized carbons (Fsp3) is 0.308. The van der Waals surface area contributed by atoms with Gasteiger partial charge in [-0.15, -0.1) is 0 Å². The first-order valence-electron chi connectivity index (χ1n) is 10.8. The summed E-state index contributed by atoms with van der Waals surface area (Å²) in [6, 6.07) is 21.4. The van der Waals surface area contributed by atoms with Gasteiger partial charge in [0, 0.05) is 29.6 Å². The number of carbonyl (C=O) groups excluding carboxylic acids is 1. The van der Waals surface area contributed by atoms with E-state index in [9.17, 15) is 4.79 Å². The summed E-state index contributed by atoms with van der Waals surface area (Å²) in [6.45, 7) is 0.443. The fourth-order valence-corrected chi connectivity index (χ4v) is 3.69. The zero-order valence-corrected chi connectivity index (χ0v) is 17.2. The Morgan fingerprint density at radius 1 is 1.00 bits per heavy atom. The van der Waals surface area contributed by atoms with Crippen LogP contribution >= 0.6 is 0 Å². The van der Waals surface area contributed by atoms with Gasteiger partial charge in [-0.1, -0.05) is 43.9 Å². The first-order valence-corrected chi connectivity index (χ1v) is 10.8. The Morgan fingerprint density at radius 3 is 2.60 bits per heavy atom. The van der Waals surface area contributed by atoms with Gasteiger partial charge in [0.05, 0.1) is 5.69 Å². The van der Waals surface area contributed by atoms with Crippen LogP contribution in [-0.2, 0) is 6.61 Å². The van der Waals surface area contributed by atoms with Crippen molar-refractivity contribution < 1.29 is 9.53 Å². The molecule has 1 aromatic heterocycles. The molecule has 1 fully saturated rings. The van der Waals surface area contributed by atoms with Gasteiger partial charge in [0.2, 0.25) is 0 Å². The molecule has 0 bridgehead atoms. The minimum absolute atomic E-state index is 0.233. The zero-order valence-electron chi connectivity index (χ0n) is 17.2. The van der Waals surface area contributed by atoms with Crippen LogP contribution < -0.4 is 10.1 Å². The highest BCUT2D eigenvalue weighted by Crippen LogP contribution is 2.31. The van der Waals surface area contributed by atoms with E-state index >= 15 is 0 Å². The van der Waals surface area contributed by atoms with Crippen molar-refractivity contribution in [1.82, 2.24) is 4.98 Å². The normalized spacial score (nSPS) is 13.5. The van der Waals surface area contributed by atoms with E-state index in [1.54, 1.807) is 6.20 Å². The summed E-state index contributed by atoms with van der Waals surface area (Å²) >= 11 is 0. The van der Waals surface area contributed by atoms with E-state index in [1.165, 1.54) is 25.7 Å². The smallest absolute Gasteiger partial charge is 0.162 e. The molecule has 4 heteroatoms. The SMILES string of the molecule is O=C(CCCC1CCC1)c1cccc(Nc2ccc(OCc3ccccn3)cc2)c1. The number of anilines is 2. The van der Waals surface area contributed by atoms with E-state index in [1.807, 2.05) is 66.7 Å². The van der Waals surface area contributed by atoms with Crippen LogP contribution in [-0.4, -0.2) is 10.8 Å². The number of rotatable bonds is 10. The predicted octanol–water partition coefficient (Wildman–Crippen LogP) is 6.56. The fourth-order valence-electron chi connectivity index (χ4n) is 3.69. The molecule has 4 rings (SSSR count). The highest BCUT2D eigenvalue weighted by Gasteiger charge is 2.17. The molecule has 0 atom stereocenters. The van der Waals surface area contributed by atoms with Crippen molar-refractivity contribution in [2.45, 2.75) is 45.1 Å². The highest BCUT2D eigenvalue weighted by molar-refractivity contribution is 5.97. The van der Waals surface area contributed by atoms with Crippen molar-refractivity contribution in [3.8, 4) is 5.75 Å². The second-order valence-electron chi connectivity index (χ2n) is 7.95. The van der Waals surface area contributed by atoms with E-state index in [0.29, 0.717) is 13.0 Å². The summed E-state index contributed by atoms with van der Waals surface area (Å²) in [5, 5.41) is 3.37. The molecule has 0 saturated heterocycles. The average molecular weight is 401 g/mol. The third-order valence-corrected chi connectivity index (χ3v) is 5.68. The summed E-state index contributed by atoms with van der Waals surface area (Å²) < 4.78 is 5.78. The lowest BCUT2D eigenvalue weighted by Crippen LogP contribution is -2.11. The van der Waals surface area contributed by atoms with Gasteiger partial charge in [-0.05, 0) is 60.9 Å². The van der Waals surface area contributed by atoms with Crippen molar-refractivity contribution in [1.29, 1.82) is 0 Å². The lowest BCUT2D eigenvalue weighted by molar-refractivity contribution is 0.0975. The molecule has 1 aliphatic carbocycles. The number of nitrogens with one attached hydrogen (secondary N) is 1. The van der Waals surface area contributed by atoms with Gasteiger partial charge < -0.3 is 10.1 Å². The molecule has 4 nitrogen and oxygen atoms in total. The van der Waals surface area contributed by atoms with Gasteiger partial charge in [0.15, 0.2) is 5.78 Å². The predicted molar refractivity (Wildman–Crippen MR) is 120 cm³/mol. The van der Waals surface area contributed by atoms with Crippen molar-refractivity contribution in [2.24, 2.45) is 5.92 Å². The van der Waals surface area contributed by atoms with Crippen LogP contribution in [0.2, 0.25) is 0 Å². The molecule has 3 aromatic rings. The van der Waals surface area contributed by atoms with Gasteiger partial charge in [-0.3, -0.25) is 9.78 Å². The van der Waals surface area contributed by atoms with E-state index in [2.05, 4.69) is 10.3 Å². The van der Waals surface area contributed by atoms with Crippen LogP contribution in [0.5, 0.6) is 5.75 Å². The van der Waals surface area contributed by atoms with E-state index in [-0.39, 0.29) is 5.78 Å². The van der Waals surface area contributed by atoms with Crippen LogP contribution in [0.15, 0.2) is 72.9 Å². The number of hydrogen-bond acceptors (Lipinski definition) is 4. The maximum absolute atomic E-state index is 12.5. The molecular weight excluding hydrogens is 372 g/mol. The van der Waals surface area contributed by atoms with E-state index in [4.69, 9.17) is 4.74 Å². The Hall–Kier alpha value is -3.14. The Kier molecular flexibility index (Phi) is 6.75. The minimum atomic E-state index is 0.233. The Balaban J connectivity index is 1.29. The number of carbonyl (C=O) groups is 1. The van der Waals surface area contributed by atoms with Crippen LogP contribution in [0, 0.1) is 5.92 Å². The molecule has 2 aromatic carbocycles. The molecule has 1 N–H and O–H groups in total. The first-order chi connectivity index (χ1) is 14.8. The molecular formula is C26H28N2O2. The van der Waals surface area contributed by atoms with Gasteiger partial charge in [-0.25, -0.2) is 0 Å². The molecule has 0 unspecified atom stereocenters. The monoisotopic (exact) mass is 400 g/mol. The minimum Gasteiger partial charge on any atom is -0.487 e. The van der Waals surface area contributed by atoms with Crippen molar-refractivity contribution in [3.05, 3.63) is 84.2 Å². The van der Waals surface area contributed by atoms with E-state index < -0.39 is 0 Å². The summed E-state index contributed by atoms with van der Waals surface area (Å²) in [7, 11) is 0. The Bertz CT molecular complexity index is 950. The van der Waals surface area contributed by atoms with Crippen molar-refractivity contribution in [2.75, 3.05) is 5.32 Å². The Morgan fingerprint density at radius 2 is 1.87 bits per heavy atom. The van der Waals surface area contributed by atoms with Gasteiger partial charge in [-0.2, -0.15) is 0 Å². The van der Waals surface area contributed by atoms with Crippen LogP contribution in [0.4, 0.5) is 11.4 Å². The van der Waals surface area contributed by atoms with Crippen molar-refractivity contribution >= 4 is 17.2 Å². The maximum atomic E-state index is 12.5. The molecule has 0 aliphatic heterocycles. The summed E-state index contributed by atoms with van der Waals surface area (Å²) in [4.78, 5) is 16.8. The van der Waals surface area contributed by atoms with Gasteiger partial charge in [0.1, 0.15) is 12.4 Å². The number of pyridine rings is 1. The number of ketones is 1. The second-order valence-corrected chi connectivity index (χ2v) is 7.95. The van der Waals surface area contributed by atoms with Crippen LogP contribution in [0.25, 0.3) is 0 Å². The molecule has 1 saturated carbocycles. The lowest BCUT2D eigenvalue weighted by atomic mass is 9.81. The lowest BCUT2D eigenvalue weighted by Gasteiger charge is -2.24. The van der Waals surface area contributed by atoms with E-state index in [0.717, 1.165) is 40.7 Å². The molecule has 0 spiro atoms. The summed E-state index contributed by atoms with van der Waals surface area (Å²) in [5.74, 6) is 1.89. The molecule has 154 valence electrons. The average Bonchev–Trinajstić information content (AvgIpc) is 2.76. The molecule has 1 aliphatic rings. The number of nitrogens with zero attached hydrogens (tertiary/aromatic N) is 1. The Labute approximate surface area is 178 Å². The second kappa shape index (κ2) is 10.1. The summed E-state index contributed by atoms with van der Waals surface area (Å²) in [5.41, 5.74) is 3.55. The number of Topliss-reactive ketones (excluding diaryl/α,β-unsaturated/α-hetero) is 1. The number of aromatic nitrogens is 1. The maximum Gasteiger partial charge on any atom is 0.162 e. The number of ether oxygens (including phenoxy) is 1. The molecule has 30 heavy (non-hydrogen) atoms. The number of benzene rings is 2. The quantitative estimate of drug-likeness (QED) is 0.392. The van der Waals surface area contributed by atoms with Crippen LogP contribution in [0.3, 0.4) is 0 Å². The highest BCUT2D eigenvalue weighted by atomic mass is 16.5. The molecule has 0 radical (unpaired) electrons. The van der Waals surface area contributed by atoms with Crippen molar-refractivity contribution in [3.63, 3.8) is 0 Å². The van der Waals surface area contributed by atoms with Gasteiger partial charge in [0.25, 0.3) is 0 Å². The standard InChI is InChI=1S/C26H28N2O2/c29-26(12-4-8-20-6-3-7-20)21-9-5-11-23(18-21)28-22-13-15-25(16-14-22)30-19-24-10-1-2-17-27-24/h1-2,5,9-11,13-18,20,28H,3-4,6-8,12,19H2. The largest absolute Gasteiger partial charge is 0.487 e. The third kappa shape index (κ3) is 5.69. The van der Waals surface area contributed by atoms with Gasteiger partial charge >= 0.3 is 0 Å². The van der Waals surface area contributed by atoms with Crippen LogP contribution in [0.1, 0.15) is 54.6 Å². The first kappa shape index (κ1) is 20.1. The third-order valence-electron chi connectivity index (χ3n) is 5.68. The zero-order chi connectivity index (χ0) is 20.6. The topological polar surface area (TPSA) is 51.2 Å². The summed E-state index contributed by atoms with van der Waals surface area (Å²) in [6.07, 6.45) is 8.66. The number of hydrogen-bond donors (Lipinski definition) is 1. The molecule has 0 amide bonds. The molecule has 1 heterocycles.